The summed E-state index contributed by atoms with van der Waals surface area (Å²) in [5.41, 5.74) is 8.83. The molecule has 0 aromatic heterocycles. The molecule has 3 N–H and O–H groups in total. The molecule has 3 aliphatic heterocycles. The number of imide groups is 1. The van der Waals surface area contributed by atoms with Gasteiger partial charge in [-0.1, -0.05) is 186 Å². The number of nitrogens with two attached hydrogens (primary N) is 1. The van der Waals surface area contributed by atoms with Gasteiger partial charge in [-0.15, -0.1) is 9.35 Å². The molecule has 412 valence electrons. The van der Waals surface area contributed by atoms with Gasteiger partial charge in [0.15, 0.2) is 0 Å². The molecule has 0 saturated heterocycles. The number of esters is 4. The second-order valence-electron chi connectivity index (χ2n) is 20.1. The van der Waals surface area contributed by atoms with E-state index < -0.39 is 69.2 Å². The van der Waals surface area contributed by atoms with Gasteiger partial charge < -0.3 is 14.7 Å². The molecule has 11 rings (SSSR count). The number of amides is 2. The van der Waals surface area contributed by atoms with Crippen molar-refractivity contribution in [1.29, 1.82) is 1.78 Å². The van der Waals surface area contributed by atoms with Crippen LogP contribution in [0.5, 0.6) is 0 Å². The van der Waals surface area contributed by atoms with Crippen molar-refractivity contribution in [2.45, 2.75) is 59.8 Å². The number of ether oxygens (including phenoxy) is 2. The first-order valence-electron chi connectivity index (χ1n) is 26.1. The molecule has 0 spiro atoms. The molecule has 0 atom stereocenters. The standard InChI is InChI=1S/C25H23NO5S.C24H20O3.C12H5BrO3.CH4.H3I.H3NO.2H2/c1-25(2,3)18-13-9-16(10-14-18)8-11-17-12-15-21-22-19(17)6-5-7-20(22)23(27)26(24(21)28)31-32(4,29)30;1-24(2,3)17-12-8-15(9-13-17)7-10-16-11-14-20-21-18(16)5-4-6-19(21)22(25)27-23(20)26;13-9-5-4-8-10-6(9)2-1-3-7(10)11(14)16-12(8)15;;;1-2;;/h5-15H,1-4H3;4-14H,1-3H3;1-5H;1H4;1H3;2H,1H2;2*1H/b11-8+;10-7+;;;;;;/i;;;;1D3;;1+1D;1+1. The minimum atomic E-state index is -4.05. The number of carbonyl (C=O) groups is 6. The Morgan fingerprint density at radius 2 is 0.873 bits per heavy atom. The zero-order valence-corrected chi connectivity index (χ0v) is 47.8. The Hall–Kier alpha value is -7.52. The van der Waals surface area contributed by atoms with E-state index in [1.165, 1.54) is 11.1 Å². The normalized spacial score (nSPS) is 14.3. The second kappa shape index (κ2) is 24.2. The number of cyclic esters (lactones) is 4. The summed E-state index contributed by atoms with van der Waals surface area (Å²) in [5.74, 6) is -0.453. The van der Waals surface area contributed by atoms with E-state index in [-0.39, 0.29) is 30.8 Å². The van der Waals surface area contributed by atoms with E-state index in [2.05, 4.69) is 121 Å². The van der Waals surface area contributed by atoms with E-state index in [4.69, 9.17) is 14.7 Å². The van der Waals surface area contributed by atoms with Gasteiger partial charge in [0.1, 0.15) is 0 Å². The summed E-state index contributed by atoms with van der Waals surface area (Å²) >= 11 is 0.882. The van der Waals surface area contributed by atoms with Crippen LogP contribution >= 0.6 is 39.3 Å². The summed E-state index contributed by atoms with van der Waals surface area (Å²) in [7, 11) is -4.05. The molecule has 0 aliphatic carbocycles. The minimum absolute atomic E-state index is 0. The van der Waals surface area contributed by atoms with E-state index >= 15 is 0 Å². The molecule has 2 amide bonds. The van der Waals surface area contributed by atoms with Crippen LogP contribution in [-0.4, -0.2) is 62.4 Å². The third-order valence-corrected chi connectivity index (χ3v) is 14.0. The van der Waals surface area contributed by atoms with Crippen molar-refractivity contribution in [1.82, 2.24) is 5.06 Å². The van der Waals surface area contributed by atoms with Gasteiger partial charge in [-0.05, 0) is 103 Å². The molecule has 14 nitrogen and oxygen atoms in total. The molecule has 0 unspecified atom stereocenters. The number of carbonyl (C=O) groups excluding carboxylic acids is 6. The van der Waals surface area contributed by atoms with Crippen LogP contribution in [-0.2, 0) is 34.7 Å². The first kappa shape index (κ1) is 54.8. The van der Waals surface area contributed by atoms with Crippen LogP contribution in [0.15, 0.2) is 144 Å². The molecular formula is C62H62BrIN2O12S. The smallest absolute Gasteiger partial charge is 0 e. The van der Waals surface area contributed by atoms with E-state index in [9.17, 15) is 37.2 Å². The number of hydrogen-bond acceptors (Lipinski definition) is 13. The topological polar surface area (TPSA) is 214 Å². The summed E-state index contributed by atoms with van der Waals surface area (Å²) < 4.78 is 66.2. The van der Waals surface area contributed by atoms with Crippen molar-refractivity contribution in [2.75, 3.05) is 6.26 Å². The molecule has 0 bridgehead atoms. The van der Waals surface area contributed by atoms with Crippen LogP contribution in [0.1, 0.15) is 149 Å². The van der Waals surface area contributed by atoms with Crippen LogP contribution in [0.2, 0.25) is 0 Å². The van der Waals surface area contributed by atoms with Gasteiger partial charge in [-0.3, -0.25) is 9.59 Å². The SMILES string of the molecule is C.CC(C)(C)c1ccc(/C=C/c2ccc3c4c(cccc24)C(=O)N(OS(C)(=O)=O)C3=O)cc1.CC(C)(C)c1ccc(/C=C/c2ccc3c4c(cccc24)C(=O)OC3=O)cc1.NO.O=C1OC(=O)c2ccc(Br)c3cccc1c23.[2HH].[2H]I([2H])[2H].[2H][2H]. The summed E-state index contributed by atoms with van der Waals surface area (Å²) in [4.78, 5) is 72.7. The van der Waals surface area contributed by atoms with Crippen LogP contribution in [0, 0.1) is 0 Å². The third kappa shape index (κ3) is 12.8. The fraction of sp³-hybridized carbons (Fsp3) is 0.161. The summed E-state index contributed by atoms with van der Waals surface area (Å²) in [6.45, 7) is 13.1. The van der Waals surface area contributed by atoms with E-state index in [1.54, 1.807) is 60.7 Å². The zero-order chi connectivity index (χ0) is 61.3. The van der Waals surface area contributed by atoms with Crippen molar-refractivity contribution >= 4 is 142 Å². The van der Waals surface area contributed by atoms with Crippen LogP contribution in [0.25, 0.3) is 56.6 Å². The minimum Gasteiger partial charge on any atom is 0 e. The van der Waals surface area contributed by atoms with E-state index in [1.807, 2.05) is 54.6 Å². The Kier molecular flexibility index (Phi) is 16.8. The largest absolute Gasteiger partial charge is 0 e. The number of hydrogen-bond donors (Lipinski definition) is 2. The monoisotopic (exact) mass is 1270 g/mol. The van der Waals surface area contributed by atoms with Gasteiger partial charge in [0, 0.05) is 25.0 Å². The summed E-state index contributed by atoms with van der Waals surface area (Å²) in [5, 5.41) is 11.1. The van der Waals surface area contributed by atoms with Crippen LogP contribution in [0.3, 0.4) is 0 Å². The fourth-order valence-electron chi connectivity index (χ4n) is 9.02. The maximum Gasteiger partial charge on any atom is 0 e. The van der Waals surface area contributed by atoms with Crippen LogP contribution in [0.4, 0.5) is 0 Å². The molecule has 79 heavy (non-hydrogen) atoms. The second-order valence-corrected chi connectivity index (χ2v) is 22.5. The number of rotatable bonds is 6. The van der Waals surface area contributed by atoms with Crippen molar-refractivity contribution < 1.29 is 60.5 Å². The molecule has 0 saturated carbocycles. The van der Waals surface area contributed by atoms with Gasteiger partial charge in [-0.2, -0.15) is 8.42 Å². The van der Waals surface area contributed by atoms with Gasteiger partial charge in [0.25, 0.3) is 21.9 Å². The first-order chi connectivity index (χ1) is 39.2. The first-order valence-corrected chi connectivity index (χ1v) is 26.6. The molecule has 3 aliphatic rings. The molecule has 8 aromatic carbocycles. The summed E-state index contributed by atoms with van der Waals surface area (Å²) in [6, 6.07) is 43.0. The van der Waals surface area contributed by atoms with Crippen LogP contribution < -0.4 is 5.90 Å². The van der Waals surface area contributed by atoms with Crippen molar-refractivity contribution in [2.24, 2.45) is 5.90 Å². The van der Waals surface area contributed by atoms with E-state index in [0.29, 0.717) is 43.5 Å². The molecular weight excluding hydrogens is 1200 g/mol. The van der Waals surface area contributed by atoms with Crippen molar-refractivity contribution in [3.05, 3.63) is 211 Å². The van der Waals surface area contributed by atoms with Crippen molar-refractivity contribution in [3.63, 3.8) is 0 Å². The van der Waals surface area contributed by atoms with E-state index in [0.717, 1.165) is 49.1 Å². The molecule has 0 fully saturated rings. The predicted molar refractivity (Wildman–Crippen MR) is 329 cm³/mol. The Balaban J connectivity index is 0.000000264. The number of hydroxylamine groups is 2. The number of benzene rings is 8. The molecule has 0 radical (unpaired) electrons. The quantitative estimate of drug-likeness (QED) is 0.0396. The van der Waals surface area contributed by atoms with Gasteiger partial charge in [0.2, 0.25) is 0 Å². The Labute approximate surface area is 489 Å². The Bertz CT molecular complexity index is 3950. The van der Waals surface area contributed by atoms with Gasteiger partial charge in [0.05, 0.1) is 39.6 Å². The fourth-order valence-corrected chi connectivity index (χ4v) is 9.89. The van der Waals surface area contributed by atoms with Crippen molar-refractivity contribution in [3.8, 4) is 0 Å². The molecule has 3 heterocycles. The Morgan fingerprint density at radius 3 is 1.28 bits per heavy atom. The summed E-state index contributed by atoms with van der Waals surface area (Å²) in [6.07, 6.45) is 8.75. The predicted octanol–water partition coefficient (Wildman–Crippen LogP) is 13.9. The Morgan fingerprint density at radius 1 is 0.544 bits per heavy atom. The van der Waals surface area contributed by atoms with Gasteiger partial charge in [-0.25, -0.2) is 25.1 Å². The number of nitrogens with zero attached hydrogens (tertiary/aromatic N) is 1. The number of halogens is 2. The average molecular weight is 1270 g/mol. The third-order valence-electron chi connectivity index (χ3n) is 12.9. The average Bonchev–Trinajstić information content (AvgIpc) is 1.90. The molecule has 17 heteroatoms. The van der Waals surface area contributed by atoms with Gasteiger partial charge >= 0.3 is 49.0 Å². The molecule has 8 aromatic rings. The zero-order valence-electron chi connectivity index (χ0n) is 48.2. The maximum atomic E-state index is 12.8. The maximum absolute atomic E-state index is 12.8.